The number of amides is 1. The van der Waals surface area contributed by atoms with Gasteiger partial charge in [-0.2, -0.15) is 5.10 Å². The number of H-pyrrole nitrogens is 1. The second kappa shape index (κ2) is 10.00. The van der Waals surface area contributed by atoms with Crippen LogP contribution < -0.4 is 10.2 Å². The summed E-state index contributed by atoms with van der Waals surface area (Å²) in [5.74, 6) is 1.08. The van der Waals surface area contributed by atoms with Gasteiger partial charge >= 0.3 is 0 Å². The molecule has 3 aromatic rings. The molecule has 1 aliphatic heterocycles. The molecule has 1 amide bonds. The minimum atomic E-state index is 0.189. The Morgan fingerprint density at radius 3 is 2.73 bits per heavy atom. The number of piperazine rings is 1. The maximum Gasteiger partial charge on any atom is 0.223 e. The molecule has 1 saturated carbocycles. The van der Waals surface area contributed by atoms with E-state index < -0.39 is 0 Å². The summed E-state index contributed by atoms with van der Waals surface area (Å²) in [5, 5.41) is 13.0. The number of rotatable bonds is 6. The van der Waals surface area contributed by atoms with Crippen LogP contribution in [-0.2, 0) is 11.2 Å². The number of aromatic amines is 1. The van der Waals surface area contributed by atoms with E-state index in [4.69, 9.17) is 11.6 Å². The van der Waals surface area contributed by atoms with E-state index >= 15 is 0 Å². The van der Waals surface area contributed by atoms with Crippen LogP contribution in [0.4, 0.5) is 11.5 Å². The van der Waals surface area contributed by atoms with Crippen molar-refractivity contribution in [3.63, 3.8) is 0 Å². The van der Waals surface area contributed by atoms with Gasteiger partial charge in [0.1, 0.15) is 5.82 Å². The Morgan fingerprint density at radius 2 is 1.94 bits per heavy atom. The van der Waals surface area contributed by atoms with Crippen molar-refractivity contribution in [3.05, 3.63) is 47.2 Å². The second-order valence-corrected chi connectivity index (χ2v) is 9.52. The van der Waals surface area contributed by atoms with E-state index in [0.29, 0.717) is 18.9 Å². The van der Waals surface area contributed by atoms with Crippen molar-refractivity contribution < 1.29 is 4.79 Å². The van der Waals surface area contributed by atoms with Crippen molar-refractivity contribution in [2.75, 3.05) is 36.4 Å². The number of nitrogens with zero attached hydrogens (tertiary/aromatic N) is 4. The number of aryl methyl sites for hydroxylation is 1. The lowest BCUT2D eigenvalue weighted by Crippen LogP contribution is -2.48. The van der Waals surface area contributed by atoms with Crippen LogP contribution in [0.3, 0.4) is 0 Å². The van der Waals surface area contributed by atoms with Crippen LogP contribution in [-0.4, -0.2) is 58.2 Å². The number of nitrogens with one attached hydrogen (secondary N) is 2. The fourth-order valence-electron chi connectivity index (χ4n) is 5.03. The van der Waals surface area contributed by atoms with Crippen LogP contribution in [0.2, 0.25) is 5.02 Å². The summed E-state index contributed by atoms with van der Waals surface area (Å²) in [6.45, 7) is 3.09. The third-order valence-electron chi connectivity index (χ3n) is 6.88. The Morgan fingerprint density at radius 1 is 1.12 bits per heavy atom. The minimum absolute atomic E-state index is 0.189. The van der Waals surface area contributed by atoms with E-state index in [0.717, 1.165) is 59.3 Å². The maximum atomic E-state index is 12.9. The molecule has 0 radical (unpaired) electrons. The number of anilines is 2. The lowest BCUT2D eigenvalue weighted by Gasteiger charge is -2.36. The number of fused-ring (bicyclic) bond motifs is 1. The number of benzene rings is 1. The van der Waals surface area contributed by atoms with Crippen LogP contribution in [0.25, 0.3) is 10.9 Å². The molecule has 8 heteroatoms. The molecular weight excluding hydrogens is 436 g/mol. The first kappa shape index (κ1) is 22.0. The van der Waals surface area contributed by atoms with Crippen LogP contribution >= 0.6 is 11.6 Å². The van der Waals surface area contributed by atoms with Crippen LogP contribution in [0.5, 0.6) is 0 Å². The van der Waals surface area contributed by atoms with Crippen molar-refractivity contribution >= 4 is 39.9 Å². The van der Waals surface area contributed by atoms with Crippen LogP contribution in [0, 0.1) is 0 Å². The molecule has 0 bridgehead atoms. The van der Waals surface area contributed by atoms with Gasteiger partial charge in [0.2, 0.25) is 5.91 Å². The molecule has 1 aliphatic carbocycles. The van der Waals surface area contributed by atoms with Gasteiger partial charge in [-0.15, -0.1) is 0 Å². The number of hydrogen-bond acceptors (Lipinski definition) is 5. The monoisotopic (exact) mass is 466 g/mol. The van der Waals surface area contributed by atoms with Crippen molar-refractivity contribution in [3.8, 4) is 0 Å². The number of hydrogen-bond donors (Lipinski definition) is 2. The topological polar surface area (TPSA) is 77.1 Å². The fraction of sp³-hybridized carbons (Fsp3) is 0.480. The van der Waals surface area contributed by atoms with Gasteiger partial charge in [0.05, 0.1) is 10.9 Å². The van der Waals surface area contributed by atoms with Crippen molar-refractivity contribution in [2.45, 2.75) is 51.0 Å². The zero-order valence-corrected chi connectivity index (χ0v) is 19.7. The molecule has 1 aromatic carbocycles. The molecule has 2 fully saturated rings. The summed E-state index contributed by atoms with van der Waals surface area (Å²) in [7, 11) is 0. The quantitative estimate of drug-likeness (QED) is 0.553. The van der Waals surface area contributed by atoms with E-state index in [-0.39, 0.29) is 5.91 Å². The molecule has 0 spiro atoms. The first-order valence-electron chi connectivity index (χ1n) is 12.0. The highest BCUT2D eigenvalue weighted by Crippen LogP contribution is 2.28. The summed E-state index contributed by atoms with van der Waals surface area (Å²) < 4.78 is 0. The van der Waals surface area contributed by atoms with E-state index in [1.807, 2.05) is 35.4 Å². The first-order valence-corrected chi connectivity index (χ1v) is 12.4. The molecule has 2 aromatic heterocycles. The normalized spacial score (nSPS) is 17.5. The third kappa shape index (κ3) is 5.08. The molecule has 1 saturated heterocycles. The summed E-state index contributed by atoms with van der Waals surface area (Å²) in [6, 6.07) is 10.3. The molecule has 0 atom stereocenters. The van der Waals surface area contributed by atoms with Crippen molar-refractivity contribution in [1.82, 2.24) is 20.1 Å². The zero-order chi connectivity index (χ0) is 22.6. The lowest BCUT2D eigenvalue weighted by molar-refractivity contribution is -0.131. The largest absolute Gasteiger partial charge is 0.368 e. The standard InChI is InChI=1S/C25H31ClN6O/c26-18-5-4-8-20(17-18)31-13-15-32(16-14-31)23(33)10-9-21-24-22(30-29-21)11-12-27-25(24)28-19-6-2-1-3-7-19/h4-5,8,11-12,17,19H,1-3,6-7,9-10,13-16H2,(H,27,28)(H,29,30). The number of halogens is 1. The number of aromatic nitrogens is 3. The maximum absolute atomic E-state index is 12.9. The molecule has 2 aliphatic rings. The molecule has 7 nitrogen and oxygen atoms in total. The summed E-state index contributed by atoms with van der Waals surface area (Å²) in [6.07, 6.45) is 9.14. The number of pyridine rings is 1. The van der Waals surface area contributed by atoms with Crippen molar-refractivity contribution in [1.29, 1.82) is 0 Å². The molecule has 0 unspecified atom stereocenters. The highest BCUT2D eigenvalue weighted by molar-refractivity contribution is 6.30. The predicted molar refractivity (Wildman–Crippen MR) is 133 cm³/mol. The lowest BCUT2D eigenvalue weighted by atomic mass is 9.95. The zero-order valence-electron chi connectivity index (χ0n) is 18.9. The van der Waals surface area contributed by atoms with Gasteiger partial charge in [0, 0.05) is 61.2 Å². The third-order valence-corrected chi connectivity index (χ3v) is 7.12. The van der Waals surface area contributed by atoms with Crippen LogP contribution in [0.15, 0.2) is 36.5 Å². The van der Waals surface area contributed by atoms with Gasteiger partial charge in [-0.1, -0.05) is 36.9 Å². The summed E-state index contributed by atoms with van der Waals surface area (Å²) in [4.78, 5) is 21.8. The Bertz CT molecular complexity index is 1100. The van der Waals surface area contributed by atoms with E-state index in [1.165, 1.54) is 32.1 Å². The Labute approximate surface area is 199 Å². The van der Waals surface area contributed by atoms with E-state index in [1.54, 1.807) is 0 Å². The van der Waals surface area contributed by atoms with Gasteiger partial charge in [0.15, 0.2) is 0 Å². The second-order valence-electron chi connectivity index (χ2n) is 9.08. The smallest absolute Gasteiger partial charge is 0.223 e. The van der Waals surface area contributed by atoms with Gasteiger partial charge in [-0.3, -0.25) is 9.89 Å². The molecular formula is C25H31ClN6O. The Balaban J connectivity index is 1.20. The predicted octanol–water partition coefficient (Wildman–Crippen LogP) is 4.64. The number of carbonyl (C=O) groups excluding carboxylic acids is 1. The van der Waals surface area contributed by atoms with Gasteiger partial charge in [-0.05, 0) is 43.5 Å². The molecule has 3 heterocycles. The van der Waals surface area contributed by atoms with E-state index in [9.17, 15) is 4.79 Å². The minimum Gasteiger partial charge on any atom is -0.368 e. The Hall–Kier alpha value is -2.80. The molecule has 33 heavy (non-hydrogen) atoms. The van der Waals surface area contributed by atoms with Crippen molar-refractivity contribution in [2.24, 2.45) is 0 Å². The fourth-order valence-corrected chi connectivity index (χ4v) is 5.22. The highest BCUT2D eigenvalue weighted by Gasteiger charge is 2.23. The van der Waals surface area contributed by atoms with Gasteiger partial charge in [0.25, 0.3) is 0 Å². The Kier molecular flexibility index (Phi) is 6.67. The summed E-state index contributed by atoms with van der Waals surface area (Å²) in [5.41, 5.74) is 3.01. The van der Waals surface area contributed by atoms with E-state index in [2.05, 4.69) is 31.5 Å². The first-order chi connectivity index (χ1) is 16.2. The molecule has 174 valence electrons. The average Bonchev–Trinajstić information content (AvgIpc) is 3.27. The van der Waals surface area contributed by atoms with Gasteiger partial charge < -0.3 is 15.1 Å². The highest BCUT2D eigenvalue weighted by atomic mass is 35.5. The van der Waals surface area contributed by atoms with Gasteiger partial charge in [-0.25, -0.2) is 4.98 Å². The molecule has 2 N–H and O–H groups in total. The molecule has 5 rings (SSSR count). The summed E-state index contributed by atoms with van der Waals surface area (Å²) >= 11 is 6.13. The van der Waals surface area contributed by atoms with Crippen LogP contribution in [0.1, 0.15) is 44.2 Å². The number of carbonyl (C=O) groups is 1. The average molecular weight is 467 g/mol. The SMILES string of the molecule is O=C(CCc1[nH]nc2ccnc(NC3CCCCC3)c12)N1CCN(c2cccc(Cl)c2)CC1.